The van der Waals surface area contributed by atoms with Gasteiger partial charge in [-0.05, 0) is 54.1 Å². The van der Waals surface area contributed by atoms with E-state index in [0.717, 1.165) is 21.3 Å². The Morgan fingerprint density at radius 2 is 1.83 bits per heavy atom. The summed E-state index contributed by atoms with van der Waals surface area (Å²) in [7, 11) is -3.56. The molecule has 0 bridgehead atoms. The molecule has 0 amide bonds. The molecule has 24 heavy (non-hydrogen) atoms. The van der Waals surface area contributed by atoms with E-state index in [1.807, 2.05) is 18.2 Å². The summed E-state index contributed by atoms with van der Waals surface area (Å²) in [5, 5.41) is 0. The van der Waals surface area contributed by atoms with Crippen LogP contribution in [0.1, 0.15) is 5.56 Å². The Kier molecular flexibility index (Phi) is 5.03. The third-order valence-corrected chi connectivity index (χ3v) is 5.32. The topological polar surface area (TPSA) is 72.0 Å². The zero-order valence-electron chi connectivity index (χ0n) is 12.6. The highest BCUT2D eigenvalue weighted by Crippen LogP contribution is 2.17. The fourth-order valence-electron chi connectivity index (χ4n) is 2.13. The molecule has 0 unspecified atom stereocenters. The second kappa shape index (κ2) is 7.21. The van der Waals surface area contributed by atoms with Gasteiger partial charge >= 0.3 is 0 Å². The third kappa shape index (κ3) is 4.05. The van der Waals surface area contributed by atoms with Gasteiger partial charge in [-0.15, -0.1) is 0 Å². The Labute approximate surface area is 149 Å². The average Bonchev–Trinajstić information content (AvgIpc) is 2.61. The number of sulfonamides is 1. The van der Waals surface area contributed by atoms with Gasteiger partial charge in [0.15, 0.2) is 0 Å². The quantitative estimate of drug-likeness (QED) is 0.708. The van der Waals surface area contributed by atoms with Crippen LogP contribution < -0.4 is 4.72 Å². The van der Waals surface area contributed by atoms with Crippen molar-refractivity contribution in [2.24, 2.45) is 0 Å². The molecule has 2 heterocycles. The van der Waals surface area contributed by atoms with Crippen molar-refractivity contribution in [3.8, 4) is 11.3 Å². The minimum absolute atomic E-state index is 0.189. The molecular formula is C17H14BrN3O2S. The summed E-state index contributed by atoms with van der Waals surface area (Å²) in [6.07, 6.45) is 5.07. The first kappa shape index (κ1) is 16.8. The normalized spacial score (nSPS) is 11.4. The van der Waals surface area contributed by atoms with Crippen molar-refractivity contribution < 1.29 is 8.42 Å². The van der Waals surface area contributed by atoms with Crippen LogP contribution in [0.2, 0.25) is 0 Å². The van der Waals surface area contributed by atoms with Crippen LogP contribution >= 0.6 is 15.9 Å². The third-order valence-electron chi connectivity index (χ3n) is 3.37. The predicted molar refractivity (Wildman–Crippen MR) is 95.6 cm³/mol. The molecule has 122 valence electrons. The van der Waals surface area contributed by atoms with E-state index in [4.69, 9.17) is 0 Å². The van der Waals surface area contributed by atoms with Crippen LogP contribution in [0.15, 0.2) is 76.5 Å². The maximum atomic E-state index is 12.3. The van der Waals surface area contributed by atoms with Gasteiger partial charge in [-0.2, -0.15) is 0 Å². The second-order valence-corrected chi connectivity index (χ2v) is 7.75. The fourth-order valence-corrected chi connectivity index (χ4v) is 3.41. The van der Waals surface area contributed by atoms with Gasteiger partial charge in [0, 0.05) is 35.2 Å². The fraction of sp³-hybridized carbons (Fsp3) is 0.0588. The number of rotatable bonds is 5. The molecule has 0 spiro atoms. The SMILES string of the molecule is O=S(=O)(NCc1ccnc(-c2cccnc2)c1)c1ccc(Br)cc1. The molecule has 3 aromatic rings. The van der Waals surface area contributed by atoms with Crippen LogP contribution in [-0.4, -0.2) is 18.4 Å². The Bertz CT molecular complexity index is 930. The molecule has 0 saturated heterocycles. The molecule has 0 fully saturated rings. The molecule has 0 aliphatic heterocycles. The maximum absolute atomic E-state index is 12.3. The molecule has 5 nitrogen and oxygen atoms in total. The lowest BCUT2D eigenvalue weighted by Gasteiger charge is -2.08. The van der Waals surface area contributed by atoms with Gasteiger partial charge in [0.1, 0.15) is 0 Å². The summed E-state index contributed by atoms with van der Waals surface area (Å²) >= 11 is 3.29. The largest absolute Gasteiger partial charge is 0.264 e. The molecule has 0 radical (unpaired) electrons. The summed E-state index contributed by atoms with van der Waals surface area (Å²) in [4.78, 5) is 8.60. The van der Waals surface area contributed by atoms with Crippen molar-refractivity contribution in [3.63, 3.8) is 0 Å². The van der Waals surface area contributed by atoms with Gasteiger partial charge in [0.05, 0.1) is 10.6 Å². The van der Waals surface area contributed by atoms with Crippen molar-refractivity contribution in [3.05, 3.63) is 77.2 Å². The van der Waals surface area contributed by atoms with E-state index in [0.29, 0.717) is 0 Å². The van der Waals surface area contributed by atoms with Crippen LogP contribution in [0.5, 0.6) is 0 Å². The van der Waals surface area contributed by atoms with Gasteiger partial charge in [0.2, 0.25) is 10.0 Å². The molecule has 7 heteroatoms. The van der Waals surface area contributed by atoms with Gasteiger partial charge in [0.25, 0.3) is 0 Å². The van der Waals surface area contributed by atoms with Crippen LogP contribution in [0.3, 0.4) is 0 Å². The van der Waals surface area contributed by atoms with Crippen molar-refractivity contribution in [2.45, 2.75) is 11.4 Å². The van der Waals surface area contributed by atoms with Gasteiger partial charge in [-0.25, -0.2) is 13.1 Å². The minimum atomic E-state index is -3.56. The first-order chi connectivity index (χ1) is 11.5. The van der Waals surface area contributed by atoms with E-state index in [1.54, 1.807) is 48.9 Å². The van der Waals surface area contributed by atoms with Gasteiger partial charge in [-0.3, -0.25) is 9.97 Å². The van der Waals surface area contributed by atoms with Gasteiger partial charge < -0.3 is 0 Å². The maximum Gasteiger partial charge on any atom is 0.240 e. The van der Waals surface area contributed by atoms with E-state index >= 15 is 0 Å². The monoisotopic (exact) mass is 403 g/mol. The molecule has 1 aromatic carbocycles. The highest BCUT2D eigenvalue weighted by molar-refractivity contribution is 9.10. The molecule has 0 aliphatic carbocycles. The first-order valence-corrected chi connectivity index (χ1v) is 9.43. The molecule has 0 aliphatic rings. The highest BCUT2D eigenvalue weighted by Gasteiger charge is 2.13. The molecular weight excluding hydrogens is 390 g/mol. The lowest BCUT2D eigenvalue weighted by molar-refractivity contribution is 0.581. The lowest BCUT2D eigenvalue weighted by Crippen LogP contribution is -2.23. The van der Waals surface area contributed by atoms with Crippen molar-refractivity contribution in [1.29, 1.82) is 0 Å². The van der Waals surface area contributed by atoms with Crippen molar-refractivity contribution in [1.82, 2.24) is 14.7 Å². The summed E-state index contributed by atoms with van der Waals surface area (Å²) in [6.45, 7) is 0.189. The Morgan fingerprint density at radius 1 is 1.04 bits per heavy atom. The molecule has 2 aromatic heterocycles. The predicted octanol–water partition coefficient (Wildman–Crippen LogP) is 3.38. The lowest BCUT2D eigenvalue weighted by atomic mass is 10.1. The zero-order valence-corrected chi connectivity index (χ0v) is 15.0. The highest BCUT2D eigenvalue weighted by atomic mass is 79.9. The number of pyridine rings is 2. The number of benzene rings is 1. The standard InChI is InChI=1S/C17H14BrN3O2S/c18-15-3-5-16(6-4-15)24(22,23)21-11-13-7-9-20-17(10-13)14-2-1-8-19-12-14/h1-10,12,21H,11H2. The first-order valence-electron chi connectivity index (χ1n) is 7.15. The van der Waals surface area contributed by atoms with Crippen LogP contribution in [0.4, 0.5) is 0 Å². The number of aromatic nitrogens is 2. The van der Waals surface area contributed by atoms with E-state index in [-0.39, 0.29) is 11.4 Å². The molecule has 3 rings (SSSR count). The number of nitrogens with one attached hydrogen (secondary N) is 1. The molecule has 1 N–H and O–H groups in total. The Morgan fingerprint density at radius 3 is 2.54 bits per heavy atom. The summed E-state index contributed by atoms with van der Waals surface area (Å²) in [5.41, 5.74) is 2.46. The average molecular weight is 404 g/mol. The van der Waals surface area contributed by atoms with E-state index in [1.165, 1.54) is 0 Å². The van der Waals surface area contributed by atoms with E-state index < -0.39 is 10.0 Å². The van der Waals surface area contributed by atoms with Gasteiger partial charge in [-0.1, -0.05) is 15.9 Å². The van der Waals surface area contributed by atoms with Crippen LogP contribution in [-0.2, 0) is 16.6 Å². The number of hydrogen-bond donors (Lipinski definition) is 1. The van der Waals surface area contributed by atoms with E-state index in [2.05, 4.69) is 30.6 Å². The van der Waals surface area contributed by atoms with Crippen molar-refractivity contribution >= 4 is 26.0 Å². The Hall–Kier alpha value is -2.09. The molecule has 0 saturated carbocycles. The van der Waals surface area contributed by atoms with E-state index in [9.17, 15) is 8.42 Å². The second-order valence-electron chi connectivity index (χ2n) is 5.07. The van der Waals surface area contributed by atoms with Crippen LogP contribution in [0, 0.1) is 0 Å². The molecule has 0 atom stereocenters. The minimum Gasteiger partial charge on any atom is -0.264 e. The Balaban J connectivity index is 1.76. The summed E-state index contributed by atoms with van der Waals surface area (Å²) in [6, 6.07) is 13.9. The zero-order chi connectivity index (χ0) is 17.0. The van der Waals surface area contributed by atoms with Crippen LogP contribution in [0.25, 0.3) is 11.3 Å². The summed E-state index contributed by atoms with van der Waals surface area (Å²) < 4.78 is 28.1. The number of hydrogen-bond acceptors (Lipinski definition) is 4. The number of halogens is 1. The summed E-state index contributed by atoms with van der Waals surface area (Å²) in [5.74, 6) is 0. The van der Waals surface area contributed by atoms with Crippen molar-refractivity contribution in [2.75, 3.05) is 0 Å². The smallest absolute Gasteiger partial charge is 0.240 e. The number of nitrogens with zero attached hydrogens (tertiary/aromatic N) is 2.